The van der Waals surface area contributed by atoms with Gasteiger partial charge in [0.25, 0.3) is 11.8 Å². The standard InChI is InChI=1S/C20H24N4O3/c21-18(25)17-16(13-5-2-1-3-6-13)22-19(23-17)14-8-10-24(11-9-14)20(26)15-7-4-12-27-15/h1-3,5-6,14-15H,4,7-12H2,(H2,21,25)(H,22,23)/t15-/m0/s1. The Morgan fingerprint density at radius 1 is 1.15 bits per heavy atom. The van der Waals surface area contributed by atoms with E-state index in [0.717, 1.165) is 37.1 Å². The van der Waals surface area contributed by atoms with Crippen molar-refractivity contribution in [2.75, 3.05) is 19.7 Å². The van der Waals surface area contributed by atoms with Crippen LogP contribution >= 0.6 is 0 Å². The molecule has 3 heterocycles. The summed E-state index contributed by atoms with van der Waals surface area (Å²) in [5.41, 5.74) is 7.35. The van der Waals surface area contributed by atoms with Gasteiger partial charge in [-0.3, -0.25) is 9.59 Å². The van der Waals surface area contributed by atoms with Crippen LogP contribution in [0.3, 0.4) is 0 Å². The third-order valence-corrected chi connectivity index (χ3v) is 5.41. The second kappa shape index (κ2) is 7.52. The lowest BCUT2D eigenvalue weighted by Gasteiger charge is -2.32. The van der Waals surface area contributed by atoms with Gasteiger partial charge in [0.05, 0.1) is 0 Å². The molecule has 2 amide bonds. The summed E-state index contributed by atoms with van der Waals surface area (Å²) in [6.45, 7) is 2.03. The average molecular weight is 368 g/mol. The highest BCUT2D eigenvalue weighted by Crippen LogP contribution is 2.30. The Morgan fingerprint density at radius 3 is 2.52 bits per heavy atom. The minimum Gasteiger partial charge on any atom is -0.368 e. The van der Waals surface area contributed by atoms with E-state index in [1.54, 1.807) is 0 Å². The van der Waals surface area contributed by atoms with Crippen molar-refractivity contribution in [1.29, 1.82) is 0 Å². The van der Waals surface area contributed by atoms with Gasteiger partial charge in [0.1, 0.15) is 23.3 Å². The molecule has 4 rings (SSSR count). The number of primary amides is 1. The minimum absolute atomic E-state index is 0.105. The van der Waals surface area contributed by atoms with Crippen LogP contribution in [0.4, 0.5) is 0 Å². The molecular weight excluding hydrogens is 344 g/mol. The molecule has 7 nitrogen and oxygen atoms in total. The summed E-state index contributed by atoms with van der Waals surface area (Å²) in [5, 5.41) is 0. The van der Waals surface area contributed by atoms with E-state index < -0.39 is 5.91 Å². The fourth-order valence-electron chi connectivity index (χ4n) is 3.92. The molecule has 0 saturated carbocycles. The number of hydrogen-bond donors (Lipinski definition) is 2. The quantitative estimate of drug-likeness (QED) is 0.862. The number of rotatable bonds is 4. The molecule has 27 heavy (non-hydrogen) atoms. The zero-order valence-corrected chi connectivity index (χ0v) is 15.2. The van der Waals surface area contributed by atoms with Crippen LogP contribution in [-0.4, -0.2) is 52.5 Å². The molecule has 2 aliphatic heterocycles. The van der Waals surface area contributed by atoms with E-state index in [2.05, 4.69) is 9.97 Å². The van der Waals surface area contributed by atoms with Gasteiger partial charge in [-0.25, -0.2) is 4.98 Å². The van der Waals surface area contributed by atoms with Crippen LogP contribution in [0.15, 0.2) is 30.3 Å². The van der Waals surface area contributed by atoms with Gasteiger partial charge in [-0.05, 0) is 25.7 Å². The molecule has 0 bridgehead atoms. The van der Waals surface area contributed by atoms with Gasteiger partial charge in [-0.1, -0.05) is 30.3 Å². The summed E-state index contributed by atoms with van der Waals surface area (Å²) in [7, 11) is 0. The summed E-state index contributed by atoms with van der Waals surface area (Å²) in [6, 6.07) is 9.56. The van der Waals surface area contributed by atoms with E-state index in [1.807, 2.05) is 35.2 Å². The molecule has 3 N–H and O–H groups in total. The van der Waals surface area contributed by atoms with Crippen molar-refractivity contribution < 1.29 is 14.3 Å². The maximum atomic E-state index is 12.5. The number of nitrogens with one attached hydrogen (secondary N) is 1. The number of imidazole rings is 1. The molecule has 1 atom stereocenters. The molecule has 2 fully saturated rings. The number of carbonyl (C=O) groups excluding carboxylic acids is 2. The van der Waals surface area contributed by atoms with Crippen molar-refractivity contribution in [2.45, 2.75) is 37.7 Å². The zero-order valence-electron chi connectivity index (χ0n) is 15.2. The molecule has 0 unspecified atom stereocenters. The number of amides is 2. The number of H-pyrrole nitrogens is 1. The first-order valence-corrected chi connectivity index (χ1v) is 9.49. The van der Waals surface area contributed by atoms with Crippen LogP contribution in [0.5, 0.6) is 0 Å². The van der Waals surface area contributed by atoms with Crippen LogP contribution in [0.1, 0.15) is 47.9 Å². The second-order valence-electron chi connectivity index (χ2n) is 7.18. The van der Waals surface area contributed by atoms with Crippen LogP contribution in [0.2, 0.25) is 0 Å². The lowest BCUT2D eigenvalue weighted by Crippen LogP contribution is -2.43. The van der Waals surface area contributed by atoms with Crippen LogP contribution < -0.4 is 5.73 Å². The number of nitrogens with two attached hydrogens (primary N) is 1. The molecule has 2 aliphatic rings. The molecule has 0 spiro atoms. The lowest BCUT2D eigenvalue weighted by atomic mass is 9.95. The molecule has 1 aromatic heterocycles. The number of piperidine rings is 1. The van der Waals surface area contributed by atoms with Crippen LogP contribution in [0.25, 0.3) is 11.3 Å². The first-order valence-electron chi connectivity index (χ1n) is 9.49. The topological polar surface area (TPSA) is 101 Å². The van der Waals surface area contributed by atoms with Crippen molar-refractivity contribution >= 4 is 11.8 Å². The van der Waals surface area contributed by atoms with Crippen molar-refractivity contribution in [3.05, 3.63) is 41.9 Å². The number of ether oxygens (including phenoxy) is 1. The normalized spacial score (nSPS) is 20.7. The summed E-state index contributed by atoms with van der Waals surface area (Å²) >= 11 is 0. The first-order chi connectivity index (χ1) is 13.1. The van der Waals surface area contributed by atoms with Gasteiger partial charge in [0.15, 0.2) is 0 Å². The maximum absolute atomic E-state index is 12.5. The van der Waals surface area contributed by atoms with Crippen molar-refractivity contribution in [2.24, 2.45) is 5.73 Å². The summed E-state index contributed by atoms with van der Waals surface area (Å²) in [4.78, 5) is 34.1. The smallest absolute Gasteiger partial charge is 0.267 e. The molecular formula is C20H24N4O3. The minimum atomic E-state index is -0.515. The molecule has 0 radical (unpaired) electrons. The molecule has 0 aliphatic carbocycles. The molecule has 142 valence electrons. The van der Waals surface area contributed by atoms with Crippen molar-refractivity contribution in [3.8, 4) is 11.3 Å². The zero-order chi connectivity index (χ0) is 18.8. The maximum Gasteiger partial charge on any atom is 0.267 e. The highest BCUT2D eigenvalue weighted by molar-refractivity contribution is 5.97. The Kier molecular flexibility index (Phi) is 4.94. The first kappa shape index (κ1) is 17.7. The Balaban J connectivity index is 1.48. The van der Waals surface area contributed by atoms with Gasteiger partial charge < -0.3 is 20.4 Å². The van der Waals surface area contributed by atoms with E-state index in [0.29, 0.717) is 31.1 Å². The molecule has 1 aromatic carbocycles. The number of aromatic amines is 1. The summed E-state index contributed by atoms with van der Waals surface area (Å²) in [6.07, 6.45) is 3.12. The molecule has 7 heteroatoms. The van der Waals surface area contributed by atoms with E-state index in [9.17, 15) is 9.59 Å². The summed E-state index contributed by atoms with van der Waals surface area (Å²) in [5.74, 6) is 0.535. The highest BCUT2D eigenvalue weighted by atomic mass is 16.5. The number of aromatic nitrogens is 2. The van der Waals surface area contributed by atoms with Crippen molar-refractivity contribution in [3.63, 3.8) is 0 Å². The van der Waals surface area contributed by atoms with E-state index in [4.69, 9.17) is 10.5 Å². The number of nitrogens with zero attached hydrogens (tertiary/aromatic N) is 2. The largest absolute Gasteiger partial charge is 0.368 e. The predicted molar refractivity (Wildman–Crippen MR) is 100 cm³/mol. The Hall–Kier alpha value is -2.67. The number of likely N-dealkylation sites (tertiary alicyclic amines) is 1. The van der Waals surface area contributed by atoms with Gasteiger partial charge >= 0.3 is 0 Å². The van der Waals surface area contributed by atoms with E-state index >= 15 is 0 Å². The van der Waals surface area contributed by atoms with Crippen molar-refractivity contribution in [1.82, 2.24) is 14.9 Å². The number of hydrogen-bond acceptors (Lipinski definition) is 4. The third-order valence-electron chi connectivity index (χ3n) is 5.41. The van der Waals surface area contributed by atoms with E-state index in [-0.39, 0.29) is 17.9 Å². The SMILES string of the molecule is NC(=O)c1[nH]c(C2CCN(C(=O)[C@@H]3CCCO3)CC2)nc1-c1ccccc1. The fraction of sp³-hybridized carbons (Fsp3) is 0.450. The lowest BCUT2D eigenvalue weighted by molar-refractivity contribution is -0.142. The number of carbonyl (C=O) groups is 2. The van der Waals surface area contributed by atoms with Crippen LogP contribution in [0, 0.1) is 0 Å². The molecule has 2 saturated heterocycles. The Bertz CT molecular complexity index is 819. The number of benzene rings is 1. The van der Waals surface area contributed by atoms with Gasteiger partial charge in [0, 0.05) is 31.2 Å². The van der Waals surface area contributed by atoms with Gasteiger partial charge in [-0.2, -0.15) is 0 Å². The van der Waals surface area contributed by atoms with Gasteiger partial charge in [-0.15, -0.1) is 0 Å². The molecule has 2 aromatic rings. The monoisotopic (exact) mass is 368 g/mol. The van der Waals surface area contributed by atoms with Crippen LogP contribution in [-0.2, 0) is 9.53 Å². The van der Waals surface area contributed by atoms with E-state index in [1.165, 1.54) is 0 Å². The van der Waals surface area contributed by atoms with Gasteiger partial charge in [0.2, 0.25) is 0 Å². The Labute approximate surface area is 157 Å². The predicted octanol–water partition coefficient (Wildman–Crippen LogP) is 2.06. The second-order valence-corrected chi connectivity index (χ2v) is 7.18. The average Bonchev–Trinajstić information content (AvgIpc) is 3.38. The summed E-state index contributed by atoms with van der Waals surface area (Å²) < 4.78 is 5.51. The Morgan fingerprint density at radius 2 is 1.89 bits per heavy atom. The highest BCUT2D eigenvalue weighted by Gasteiger charge is 2.32. The fourth-order valence-corrected chi connectivity index (χ4v) is 3.92. The third kappa shape index (κ3) is 3.60.